The zero-order valence-electron chi connectivity index (χ0n) is 16.2. The van der Waals surface area contributed by atoms with Crippen molar-refractivity contribution < 1.29 is 9.47 Å². The first-order valence-corrected chi connectivity index (χ1v) is 11.3. The third-order valence-electron chi connectivity index (χ3n) is 4.91. The van der Waals surface area contributed by atoms with Gasteiger partial charge in [0.25, 0.3) is 5.56 Å². The number of fused-ring (bicyclic) bond motifs is 3. The summed E-state index contributed by atoms with van der Waals surface area (Å²) in [6.07, 6.45) is 3.20. The molecule has 2 aromatic heterocycles. The Kier molecular flexibility index (Phi) is 6.04. The van der Waals surface area contributed by atoms with Crippen LogP contribution in [0.25, 0.3) is 10.2 Å². The molecule has 148 valence electrons. The fourth-order valence-corrected chi connectivity index (χ4v) is 5.62. The molecule has 0 fully saturated rings. The molecule has 0 spiro atoms. The smallest absolute Gasteiger partial charge is 0.263 e. The number of thioether (sulfide) groups is 1. The molecule has 5 nitrogen and oxygen atoms in total. The minimum atomic E-state index is 0.0726. The van der Waals surface area contributed by atoms with Crippen molar-refractivity contribution in [1.82, 2.24) is 9.55 Å². The lowest BCUT2D eigenvalue weighted by atomic mass is 10.2. The predicted octanol–water partition coefficient (Wildman–Crippen LogP) is 4.07. The van der Waals surface area contributed by atoms with Crippen LogP contribution in [0.1, 0.15) is 22.4 Å². The summed E-state index contributed by atoms with van der Waals surface area (Å²) >= 11 is 3.25. The van der Waals surface area contributed by atoms with Crippen molar-refractivity contribution in [3.05, 3.63) is 50.6 Å². The van der Waals surface area contributed by atoms with E-state index in [1.807, 2.05) is 24.3 Å². The summed E-state index contributed by atoms with van der Waals surface area (Å²) in [4.78, 5) is 20.2. The van der Waals surface area contributed by atoms with Crippen LogP contribution < -0.4 is 10.3 Å². The summed E-state index contributed by atoms with van der Waals surface area (Å²) in [6, 6.07) is 8.03. The van der Waals surface area contributed by atoms with Crippen LogP contribution in [-0.4, -0.2) is 35.6 Å². The maximum atomic E-state index is 13.2. The highest BCUT2D eigenvalue weighted by atomic mass is 32.2. The summed E-state index contributed by atoms with van der Waals surface area (Å²) in [6.45, 7) is 3.63. The van der Waals surface area contributed by atoms with Gasteiger partial charge in [0.05, 0.1) is 25.1 Å². The summed E-state index contributed by atoms with van der Waals surface area (Å²) in [5.41, 5.74) is 2.51. The Morgan fingerprint density at radius 3 is 2.82 bits per heavy atom. The molecule has 0 radical (unpaired) electrons. The van der Waals surface area contributed by atoms with Crippen LogP contribution in [0.3, 0.4) is 0 Å². The third kappa shape index (κ3) is 3.97. The Balaban J connectivity index is 1.53. The second kappa shape index (κ2) is 8.68. The van der Waals surface area contributed by atoms with Gasteiger partial charge in [-0.1, -0.05) is 29.5 Å². The maximum absolute atomic E-state index is 13.2. The first-order valence-electron chi connectivity index (χ1n) is 9.53. The average molecular weight is 417 g/mol. The zero-order valence-corrected chi connectivity index (χ0v) is 17.8. The normalized spacial score (nSPS) is 13.2. The van der Waals surface area contributed by atoms with Gasteiger partial charge in [-0.3, -0.25) is 9.36 Å². The number of ether oxygens (including phenoxy) is 2. The minimum Gasteiger partial charge on any atom is -0.493 e. The molecule has 0 bridgehead atoms. The van der Waals surface area contributed by atoms with E-state index in [0.717, 1.165) is 46.1 Å². The Morgan fingerprint density at radius 1 is 1.21 bits per heavy atom. The highest BCUT2D eigenvalue weighted by molar-refractivity contribution is 7.99. The highest BCUT2D eigenvalue weighted by Gasteiger charge is 2.23. The molecule has 1 aromatic carbocycles. The first-order chi connectivity index (χ1) is 13.7. The molecule has 28 heavy (non-hydrogen) atoms. The lowest BCUT2D eigenvalue weighted by molar-refractivity contribution is 0.183. The summed E-state index contributed by atoms with van der Waals surface area (Å²) < 4.78 is 12.8. The fourth-order valence-electron chi connectivity index (χ4n) is 3.48. The summed E-state index contributed by atoms with van der Waals surface area (Å²) in [5.74, 6) is 1.59. The average Bonchev–Trinajstić information content (AvgIpc) is 3.27. The van der Waals surface area contributed by atoms with Crippen LogP contribution in [0.15, 0.2) is 34.2 Å². The number of nitrogens with zero attached hydrogens (tertiary/aromatic N) is 2. The second-order valence-corrected chi connectivity index (χ2v) is 9.04. The molecule has 0 unspecified atom stereocenters. The Bertz CT molecular complexity index is 1020. The van der Waals surface area contributed by atoms with Crippen LogP contribution in [0.4, 0.5) is 0 Å². The zero-order chi connectivity index (χ0) is 19.5. The van der Waals surface area contributed by atoms with Gasteiger partial charge in [-0.05, 0) is 43.9 Å². The molecule has 1 aliphatic rings. The van der Waals surface area contributed by atoms with E-state index in [-0.39, 0.29) is 5.56 Å². The van der Waals surface area contributed by atoms with Gasteiger partial charge >= 0.3 is 0 Å². The number of thiophene rings is 1. The molecule has 0 saturated heterocycles. The molecular weight excluding hydrogens is 392 g/mol. The van der Waals surface area contributed by atoms with Gasteiger partial charge in [0.15, 0.2) is 5.16 Å². The van der Waals surface area contributed by atoms with Gasteiger partial charge in [-0.15, -0.1) is 11.3 Å². The molecule has 4 rings (SSSR count). The maximum Gasteiger partial charge on any atom is 0.263 e. The SMILES string of the molecule is COCCn1c(SCCOc2ccc(C)cc2)nc2sc3c(c2c1=O)CCC3. The topological polar surface area (TPSA) is 53.4 Å². The van der Waals surface area contributed by atoms with Gasteiger partial charge < -0.3 is 9.47 Å². The van der Waals surface area contributed by atoms with Gasteiger partial charge in [-0.25, -0.2) is 4.98 Å². The highest BCUT2D eigenvalue weighted by Crippen LogP contribution is 2.35. The quantitative estimate of drug-likeness (QED) is 0.315. The van der Waals surface area contributed by atoms with Crippen molar-refractivity contribution in [2.45, 2.75) is 37.9 Å². The van der Waals surface area contributed by atoms with E-state index in [0.29, 0.717) is 19.8 Å². The van der Waals surface area contributed by atoms with Gasteiger partial charge in [0.1, 0.15) is 10.6 Å². The molecule has 0 aliphatic heterocycles. The largest absolute Gasteiger partial charge is 0.493 e. The molecule has 0 atom stereocenters. The minimum absolute atomic E-state index is 0.0726. The van der Waals surface area contributed by atoms with E-state index in [2.05, 4.69) is 6.92 Å². The van der Waals surface area contributed by atoms with E-state index in [1.165, 1.54) is 16.0 Å². The monoisotopic (exact) mass is 416 g/mol. The van der Waals surface area contributed by atoms with Crippen LogP contribution >= 0.6 is 23.1 Å². The Labute approximate surface area is 172 Å². The van der Waals surface area contributed by atoms with E-state index in [9.17, 15) is 4.79 Å². The molecule has 0 amide bonds. The number of hydrogen-bond donors (Lipinski definition) is 0. The second-order valence-electron chi connectivity index (χ2n) is 6.89. The van der Waals surface area contributed by atoms with Gasteiger partial charge in [0.2, 0.25) is 0 Å². The van der Waals surface area contributed by atoms with Crippen molar-refractivity contribution in [3.8, 4) is 5.75 Å². The fraction of sp³-hybridized carbons (Fsp3) is 0.429. The van der Waals surface area contributed by atoms with Crippen molar-refractivity contribution in [2.24, 2.45) is 0 Å². The molecule has 2 heterocycles. The van der Waals surface area contributed by atoms with Crippen LogP contribution in [0.2, 0.25) is 0 Å². The lowest BCUT2D eigenvalue weighted by Gasteiger charge is -2.12. The molecule has 3 aromatic rings. The summed E-state index contributed by atoms with van der Waals surface area (Å²) in [5, 5.41) is 1.58. The van der Waals surface area contributed by atoms with Crippen molar-refractivity contribution >= 4 is 33.3 Å². The Hall–Kier alpha value is -1.83. The van der Waals surface area contributed by atoms with Gasteiger partial charge in [0, 0.05) is 17.7 Å². The number of methoxy groups -OCH3 is 1. The van der Waals surface area contributed by atoms with E-state index in [1.54, 1.807) is 34.8 Å². The van der Waals surface area contributed by atoms with E-state index < -0.39 is 0 Å². The van der Waals surface area contributed by atoms with Crippen LogP contribution in [0.5, 0.6) is 5.75 Å². The number of rotatable bonds is 8. The third-order valence-corrected chi connectivity index (χ3v) is 7.04. The van der Waals surface area contributed by atoms with Crippen molar-refractivity contribution in [2.75, 3.05) is 26.1 Å². The number of hydrogen-bond acceptors (Lipinski definition) is 6. The van der Waals surface area contributed by atoms with Crippen molar-refractivity contribution in [1.29, 1.82) is 0 Å². The molecule has 0 saturated carbocycles. The molecular formula is C21H24N2O3S2. The van der Waals surface area contributed by atoms with E-state index >= 15 is 0 Å². The predicted molar refractivity (Wildman–Crippen MR) is 115 cm³/mol. The van der Waals surface area contributed by atoms with Crippen molar-refractivity contribution in [3.63, 3.8) is 0 Å². The van der Waals surface area contributed by atoms with Crippen LogP contribution in [0, 0.1) is 6.92 Å². The van der Waals surface area contributed by atoms with Crippen LogP contribution in [-0.2, 0) is 24.1 Å². The first kappa shape index (κ1) is 19.5. The molecule has 0 N–H and O–H groups in total. The summed E-state index contributed by atoms with van der Waals surface area (Å²) in [7, 11) is 1.65. The van der Waals surface area contributed by atoms with E-state index in [4.69, 9.17) is 14.5 Å². The Morgan fingerprint density at radius 2 is 2.04 bits per heavy atom. The number of aryl methyl sites for hydroxylation is 3. The molecule has 7 heteroatoms. The number of aromatic nitrogens is 2. The number of benzene rings is 1. The lowest BCUT2D eigenvalue weighted by Crippen LogP contribution is -2.25. The standard InChI is InChI=1S/C21H24N2O3S2/c1-14-6-8-15(9-7-14)26-12-13-27-21-22-19-18(16-4-3-5-17(16)28-19)20(24)23(21)10-11-25-2/h6-9H,3-5,10-13H2,1-2H3. The molecule has 1 aliphatic carbocycles. The van der Waals surface area contributed by atoms with Gasteiger partial charge in [-0.2, -0.15) is 0 Å².